The molecule has 0 unspecified atom stereocenters. The van der Waals surface area contributed by atoms with Crippen molar-refractivity contribution in [3.8, 4) is 0 Å². The summed E-state index contributed by atoms with van der Waals surface area (Å²) in [5, 5.41) is 5.03. The van der Waals surface area contributed by atoms with Gasteiger partial charge in [-0.15, -0.1) is 0 Å². The van der Waals surface area contributed by atoms with Crippen LogP contribution in [-0.4, -0.2) is 16.1 Å². The molecule has 0 amide bonds. The first kappa shape index (κ1) is 15.5. The van der Waals surface area contributed by atoms with Crippen LogP contribution >= 0.6 is 0 Å². The summed E-state index contributed by atoms with van der Waals surface area (Å²) in [6, 6.07) is 18.3. The normalized spacial score (nSPS) is 18.5. The number of hydrogen-bond donors (Lipinski definition) is 0. The fourth-order valence-electron chi connectivity index (χ4n) is 3.77. The lowest BCUT2D eigenvalue weighted by Crippen LogP contribution is -2.56. The van der Waals surface area contributed by atoms with Crippen molar-refractivity contribution in [2.45, 2.75) is 39.7 Å². The van der Waals surface area contributed by atoms with Gasteiger partial charge in [-0.1, -0.05) is 92.0 Å². The molecule has 2 aromatic rings. The molecule has 22 heavy (non-hydrogen) atoms. The zero-order valence-electron chi connectivity index (χ0n) is 14.6. The third-order valence-corrected chi connectivity index (χ3v) is 10.7. The average molecular weight is 323 g/mol. The highest BCUT2D eigenvalue weighted by molar-refractivity contribution is 7.15. The van der Waals surface area contributed by atoms with E-state index in [2.05, 4.69) is 88.2 Å². The molecular weight excluding hydrogens is 296 g/mol. The molecule has 0 nitrogen and oxygen atoms in total. The molecule has 1 heterocycles. The van der Waals surface area contributed by atoms with Crippen LogP contribution in [0, 0.1) is 6.92 Å². The van der Waals surface area contributed by atoms with Gasteiger partial charge in [-0.2, -0.15) is 0 Å². The molecule has 0 radical (unpaired) electrons. The number of aryl methyl sites for hydroxylation is 1. The van der Waals surface area contributed by atoms with Gasteiger partial charge in [0.1, 0.15) is 8.07 Å². The van der Waals surface area contributed by atoms with Crippen LogP contribution in [0.3, 0.4) is 0 Å². The minimum atomic E-state index is -1.46. The van der Waals surface area contributed by atoms with Crippen molar-refractivity contribution in [3.63, 3.8) is 0 Å². The number of hydrogen-bond acceptors (Lipinski definition) is 0. The summed E-state index contributed by atoms with van der Waals surface area (Å²) in [6.45, 7) is 14.7. The monoisotopic (exact) mass is 322 g/mol. The highest BCUT2D eigenvalue weighted by Gasteiger charge is 2.45. The molecule has 114 valence electrons. The van der Waals surface area contributed by atoms with Gasteiger partial charge < -0.3 is 0 Å². The Morgan fingerprint density at radius 3 is 2.05 bits per heavy atom. The SMILES string of the molecule is Cc1ccc(/C(=C2/c3ccccc3[Si]2(C)C)[Si](C)(C)C)cc1. The molecule has 1 aliphatic rings. The lowest BCUT2D eigenvalue weighted by molar-refractivity contribution is 1.45. The second kappa shape index (κ2) is 5.07. The summed E-state index contributed by atoms with van der Waals surface area (Å²) < 4.78 is 0. The van der Waals surface area contributed by atoms with Crippen LogP contribution in [0.5, 0.6) is 0 Å². The minimum Gasteiger partial charge on any atom is -0.0656 e. The van der Waals surface area contributed by atoms with E-state index in [1.807, 2.05) is 0 Å². The topological polar surface area (TPSA) is 0 Å². The van der Waals surface area contributed by atoms with E-state index in [0.717, 1.165) is 0 Å². The molecular formula is C20H26Si2. The largest absolute Gasteiger partial charge is 0.113 e. The number of fused-ring (bicyclic) bond motifs is 1. The molecule has 0 aliphatic carbocycles. The quantitative estimate of drug-likeness (QED) is 0.662. The van der Waals surface area contributed by atoms with Crippen LogP contribution < -0.4 is 5.19 Å². The van der Waals surface area contributed by atoms with Crippen molar-refractivity contribution < 1.29 is 0 Å². The van der Waals surface area contributed by atoms with Crippen molar-refractivity contribution in [1.82, 2.24) is 0 Å². The second-order valence-corrected chi connectivity index (χ2v) is 17.3. The number of benzene rings is 2. The molecule has 0 saturated heterocycles. The highest BCUT2D eigenvalue weighted by atomic mass is 28.3. The fraction of sp³-hybridized carbons (Fsp3) is 0.300. The zero-order valence-corrected chi connectivity index (χ0v) is 16.6. The van der Waals surface area contributed by atoms with Crippen LogP contribution in [0.1, 0.15) is 16.7 Å². The van der Waals surface area contributed by atoms with E-state index >= 15 is 0 Å². The van der Waals surface area contributed by atoms with Crippen LogP contribution in [0.2, 0.25) is 32.7 Å². The van der Waals surface area contributed by atoms with Crippen molar-refractivity contribution in [2.75, 3.05) is 0 Å². The van der Waals surface area contributed by atoms with Gasteiger partial charge in [-0.25, -0.2) is 0 Å². The van der Waals surface area contributed by atoms with Crippen LogP contribution in [-0.2, 0) is 0 Å². The van der Waals surface area contributed by atoms with E-state index < -0.39 is 16.1 Å². The summed E-state index contributed by atoms with van der Waals surface area (Å²) in [6.07, 6.45) is 0. The summed E-state index contributed by atoms with van der Waals surface area (Å²) in [7, 11) is -2.88. The minimum absolute atomic E-state index is 1.34. The molecule has 1 aliphatic heterocycles. The van der Waals surface area contributed by atoms with Gasteiger partial charge in [0.2, 0.25) is 0 Å². The predicted octanol–water partition coefficient (Wildman–Crippen LogP) is 5.25. The molecule has 2 aromatic carbocycles. The molecule has 0 bridgehead atoms. The van der Waals surface area contributed by atoms with E-state index in [0.29, 0.717) is 0 Å². The average Bonchev–Trinajstić information content (AvgIpc) is 2.44. The van der Waals surface area contributed by atoms with Crippen molar-refractivity contribution >= 4 is 31.7 Å². The van der Waals surface area contributed by atoms with Gasteiger partial charge in [0.15, 0.2) is 0 Å². The molecule has 0 saturated carbocycles. The summed E-state index contributed by atoms with van der Waals surface area (Å²) >= 11 is 0. The second-order valence-electron chi connectivity index (χ2n) is 8.04. The summed E-state index contributed by atoms with van der Waals surface area (Å²) in [4.78, 5) is 0. The summed E-state index contributed by atoms with van der Waals surface area (Å²) in [5.41, 5.74) is 4.32. The number of rotatable bonds is 2. The molecule has 0 spiro atoms. The fourth-order valence-corrected chi connectivity index (χ4v) is 10.9. The standard InChI is InChI=1S/C20H26Si2/c1-15-11-13-16(14-12-15)19(21(2,3)4)20-17-9-7-8-10-18(17)22(20,5)6/h7-14H,1-6H3/b20-19+. The Balaban J connectivity index is 2.30. The molecule has 0 aromatic heterocycles. The smallest absolute Gasteiger partial charge is 0.0656 e. The van der Waals surface area contributed by atoms with Gasteiger partial charge in [-0.05, 0) is 28.4 Å². The first-order valence-electron chi connectivity index (χ1n) is 8.15. The Morgan fingerprint density at radius 2 is 1.45 bits per heavy atom. The lowest BCUT2D eigenvalue weighted by Gasteiger charge is -2.44. The van der Waals surface area contributed by atoms with Crippen molar-refractivity contribution in [3.05, 3.63) is 65.2 Å². The van der Waals surface area contributed by atoms with Crippen LogP contribution in [0.15, 0.2) is 48.5 Å². The predicted molar refractivity (Wildman–Crippen MR) is 105 cm³/mol. The zero-order chi connectivity index (χ0) is 16.1. The van der Waals surface area contributed by atoms with Crippen LogP contribution in [0.25, 0.3) is 10.4 Å². The molecule has 0 fully saturated rings. The Morgan fingerprint density at radius 1 is 0.864 bits per heavy atom. The Bertz CT molecular complexity index is 744. The third kappa shape index (κ3) is 2.35. The van der Waals surface area contributed by atoms with Gasteiger partial charge in [-0.3, -0.25) is 0 Å². The van der Waals surface area contributed by atoms with E-state index in [4.69, 9.17) is 0 Å². The Kier molecular flexibility index (Phi) is 3.57. The van der Waals surface area contributed by atoms with Gasteiger partial charge in [0, 0.05) is 0 Å². The maximum absolute atomic E-state index is 2.51. The van der Waals surface area contributed by atoms with Gasteiger partial charge in [0.05, 0.1) is 8.07 Å². The molecule has 2 heteroatoms. The van der Waals surface area contributed by atoms with Crippen molar-refractivity contribution in [1.29, 1.82) is 0 Å². The summed E-state index contributed by atoms with van der Waals surface area (Å²) in [5.74, 6) is 0. The van der Waals surface area contributed by atoms with E-state index in [9.17, 15) is 0 Å². The van der Waals surface area contributed by atoms with E-state index in [1.165, 1.54) is 16.7 Å². The first-order valence-corrected chi connectivity index (χ1v) is 14.6. The molecule has 3 rings (SSSR count). The first-order chi connectivity index (χ1) is 10.2. The maximum Gasteiger partial charge on any atom is 0.113 e. The van der Waals surface area contributed by atoms with E-state index in [1.54, 1.807) is 15.6 Å². The molecule has 0 atom stereocenters. The highest BCUT2D eigenvalue weighted by Crippen LogP contribution is 2.44. The molecule has 0 N–H and O–H groups in total. The Labute approximate surface area is 136 Å². The van der Waals surface area contributed by atoms with Gasteiger partial charge in [0.25, 0.3) is 0 Å². The maximum atomic E-state index is 2.51. The lowest BCUT2D eigenvalue weighted by atomic mass is 10.1. The van der Waals surface area contributed by atoms with E-state index in [-0.39, 0.29) is 0 Å². The third-order valence-electron chi connectivity index (χ3n) is 4.83. The van der Waals surface area contributed by atoms with Gasteiger partial charge >= 0.3 is 0 Å². The Hall–Kier alpha value is -1.39. The van der Waals surface area contributed by atoms with Crippen molar-refractivity contribution in [2.24, 2.45) is 0 Å². The van der Waals surface area contributed by atoms with Crippen LogP contribution in [0.4, 0.5) is 0 Å².